The molecule has 1 fully saturated rings. The molecule has 1 aliphatic rings. The Hall–Kier alpha value is -0.870. The lowest BCUT2D eigenvalue weighted by Gasteiger charge is -2.01. The van der Waals surface area contributed by atoms with Gasteiger partial charge in [-0.1, -0.05) is 24.3 Å². The molecule has 0 unspecified atom stereocenters. The van der Waals surface area contributed by atoms with Crippen molar-refractivity contribution in [3.8, 4) is 0 Å². The number of benzene rings is 1. The summed E-state index contributed by atoms with van der Waals surface area (Å²) in [5.41, 5.74) is 2.07. The van der Waals surface area contributed by atoms with E-state index in [1.807, 2.05) is 24.3 Å². The van der Waals surface area contributed by atoms with E-state index in [1.54, 1.807) is 0 Å². The standard InChI is InChI=1S/C10H13NO2S/c11-14(12,13)7-8-1-3-9(4-2-8)10-5-6-10/h1-4,10H,5-7H2,(H2,11,12,13). The lowest BCUT2D eigenvalue weighted by molar-refractivity contribution is 0.597. The van der Waals surface area contributed by atoms with Gasteiger partial charge in [-0.25, -0.2) is 13.6 Å². The monoisotopic (exact) mass is 211 g/mol. The number of nitrogens with two attached hydrogens (primary N) is 1. The van der Waals surface area contributed by atoms with Crippen LogP contribution >= 0.6 is 0 Å². The average molecular weight is 211 g/mol. The van der Waals surface area contributed by atoms with Gasteiger partial charge in [-0.2, -0.15) is 0 Å². The summed E-state index contributed by atoms with van der Waals surface area (Å²) in [5, 5.41) is 4.95. The average Bonchev–Trinajstić information content (AvgIpc) is 2.85. The molecular formula is C10H13NO2S. The van der Waals surface area contributed by atoms with Crippen LogP contribution in [0.2, 0.25) is 0 Å². The summed E-state index contributed by atoms with van der Waals surface area (Å²) in [6.07, 6.45) is 2.52. The molecule has 0 atom stereocenters. The van der Waals surface area contributed by atoms with Crippen LogP contribution in [-0.2, 0) is 15.8 Å². The minimum absolute atomic E-state index is 0.0715. The first-order valence-electron chi connectivity index (χ1n) is 4.64. The van der Waals surface area contributed by atoms with E-state index in [-0.39, 0.29) is 5.75 Å². The first kappa shape index (κ1) is 9.68. The highest BCUT2D eigenvalue weighted by Crippen LogP contribution is 2.39. The Kier molecular flexibility index (Phi) is 2.33. The summed E-state index contributed by atoms with van der Waals surface area (Å²) in [6.45, 7) is 0. The second-order valence-corrected chi connectivity index (χ2v) is 5.44. The summed E-state index contributed by atoms with van der Waals surface area (Å²) in [6, 6.07) is 7.69. The fraction of sp³-hybridized carbons (Fsp3) is 0.400. The Bertz CT molecular complexity index is 418. The third-order valence-electron chi connectivity index (χ3n) is 2.40. The molecule has 0 heterocycles. The van der Waals surface area contributed by atoms with E-state index in [4.69, 9.17) is 5.14 Å². The second-order valence-electron chi connectivity index (χ2n) is 3.82. The zero-order valence-corrected chi connectivity index (χ0v) is 8.63. The van der Waals surface area contributed by atoms with E-state index >= 15 is 0 Å². The first-order chi connectivity index (χ1) is 6.54. The zero-order valence-electron chi connectivity index (χ0n) is 7.81. The van der Waals surface area contributed by atoms with Gasteiger partial charge in [0.05, 0.1) is 5.75 Å². The van der Waals surface area contributed by atoms with Gasteiger partial charge >= 0.3 is 0 Å². The maximum absolute atomic E-state index is 10.8. The van der Waals surface area contributed by atoms with Crippen molar-refractivity contribution in [3.63, 3.8) is 0 Å². The van der Waals surface area contributed by atoms with Crippen LogP contribution in [0.4, 0.5) is 0 Å². The molecule has 1 aromatic carbocycles. The Morgan fingerprint density at radius 2 is 1.79 bits per heavy atom. The van der Waals surface area contributed by atoms with Gasteiger partial charge in [0, 0.05) is 0 Å². The lowest BCUT2D eigenvalue weighted by atomic mass is 10.1. The fourth-order valence-corrected chi connectivity index (χ4v) is 2.19. The molecule has 1 aliphatic carbocycles. The van der Waals surface area contributed by atoms with E-state index in [1.165, 1.54) is 18.4 Å². The van der Waals surface area contributed by atoms with Gasteiger partial charge in [0.1, 0.15) is 0 Å². The van der Waals surface area contributed by atoms with Crippen molar-refractivity contribution in [2.45, 2.75) is 24.5 Å². The second kappa shape index (κ2) is 3.37. The van der Waals surface area contributed by atoms with Crippen molar-refractivity contribution < 1.29 is 8.42 Å². The predicted molar refractivity (Wildman–Crippen MR) is 55.2 cm³/mol. The van der Waals surface area contributed by atoms with Crippen LogP contribution in [0.15, 0.2) is 24.3 Å². The molecule has 3 nitrogen and oxygen atoms in total. The number of hydrogen-bond donors (Lipinski definition) is 1. The lowest BCUT2D eigenvalue weighted by Crippen LogP contribution is -2.14. The summed E-state index contributed by atoms with van der Waals surface area (Å²) >= 11 is 0. The molecule has 0 aromatic heterocycles. The normalized spacial score (nSPS) is 16.9. The summed E-state index contributed by atoms with van der Waals surface area (Å²) < 4.78 is 21.6. The predicted octanol–water partition coefficient (Wildman–Crippen LogP) is 1.35. The summed E-state index contributed by atoms with van der Waals surface area (Å²) in [5.74, 6) is 0.635. The number of sulfonamides is 1. The van der Waals surface area contributed by atoms with Crippen molar-refractivity contribution in [2.75, 3.05) is 0 Å². The topological polar surface area (TPSA) is 60.2 Å². The zero-order chi connectivity index (χ0) is 10.2. The Labute approximate surface area is 84.0 Å². The third-order valence-corrected chi connectivity index (χ3v) is 3.13. The van der Waals surface area contributed by atoms with Crippen LogP contribution in [0.3, 0.4) is 0 Å². The third kappa shape index (κ3) is 2.56. The van der Waals surface area contributed by atoms with Crippen LogP contribution in [0, 0.1) is 0 Å². The quantitative estimate of drug-likeness (QED) is 0.820. The van der Waals surface area contributed by atoms with Gasteiger partial charge in [-0.3, -0.25) is 0 Å². The van der Waals surface area contributed by atoms with Crippen LogP contribution in [-0.4, -0.2) is 8.42 Å². The van der Waals surface area contributed by atoms with E-state index in [2.05, 4.69) is 0 Å². The molecule has 0 spiro atoms. The maximum Gasteiger partial charge on any atom is 0.213 e. The molecule has 14 heavy (non-hydrogen) atoms. The minimum Gasteiger partial charge on any atom is -0.228 e. The molecule has 0 amide bonds. The molecular weight excluding hydrogens is 198 g/mol. The van der Waals surface area contributed by atoms with E-state index in [0.29, 0.717) is 5.92 Å². The number of hydrogen-bond acceptors (Lipinski definition) is 2. The van der Waals surface area contributed by atoms with Gasteiger partial charge in [-0.15, -0.1) is 0 Å². The van der Waals surface area contributed by atoms with Crippen molar-refractivity contribution in [3.05, 3.63) is 35.4 Å². The van der Waals surface area contributed by atoms with Gasteiger partial charge < -0.3 is 0 Å². The molecule has 1 saturated carbocycles. The molecule has 0 radical (unpaired) electrons. The maximum atomic E-state index is 10.8. The van der Waals surface area contributed by atoms with E-state index < -0.39 is 10.0 Å². The van der Waals surface area contributed by atoms with E-state index in [0.717, 1.165) is 5.56 Å². The highest BCUT2D eigenvalue weighted by Gasteiger charge is 2.22. The Morgan fingerprint density at radius 3 is 2.21 bits per heavy atom. The van der Waals surface area contributed by atoms with Crippen LogP contribution in [0.5, 0.6) is 0 Å². The molecule has 2 N–H and O–H groups in total. The molecule has 4 heteroatoms. The molecule has 0 aliphatic heterocycles. The molecule has 1 aromatic rings. The largest absolute Gasteiger partial charge is 0.228 e. The first-order valence-corrected chi connectivity index (χ1v) is 6.35. The highest BCUT2D eigenvalue weighted by atomic mass is 32.2. The van der Waals surface area contributed by atoms with Crippen molar-refractivity contribution in [1.82, 2.24) is 0 Å². The van der Waals surface area contributed by atoms with Crippen LogP contribution < -0.4 is 5.14 Å². The van der Waals surface area contributed by atoms with Gasteiger partial charge in [-0.05, 0) is 29.9 Å². The number of rotatable bonds is 3. The Balaban J connectivity index is 2.13. The van der Waals surface area contributed by atoms with Gasteiger partial charge in [0.25, 0.3) is 0 Å². The molecule has 76 valence electrons. The van der Waals surface area contributed by atoms with Crippen molar-refractivity contribution in [1.29, 1.82) is 0 Å². The smallest absolute Gasteiger partial charge is 0.213 e. The summed E-state index contributed by atoms with van der Waals surface area (Å²) in [7, 11) is -3.39. The number of primary sulfonamides is 1. The van der Waals surface area contributed by atoms with Gasteiger partial charge in [0.2, 0.25) is 10.0 Å². The molecule has 0 bridgehead atoms. The SMILES string of the molecule is NS(=O)(=O)Cc1ccc(C2CC2)cc1. The minimum atomic E-state index is -3.39. The van der Waals surface area contributed by atoms with Crippen molar-refractivity contribution in [2.24, 2.45) is 5.14 Å². The van der Waals surface area contributed by atoms with Crippen LogP contribution in [0.25, 0.3) is 0 Å². The molecule has 0 saturated heterocycles. The van der Waals surface area contributed by atoms with Crippen molar-refractivity contribution >= 4 is 10.0 Å². The van der Waals surface area contributed by atoms with Crippen LogP contribution in [0.1, 0.15) is 29.9 Å². The van der Waals surface area contributed by atoms with Gasteiger partial charge in [0.15, 0.2) is 0 Å². The summed E-state index contributed by atoms with van der Waals surface area (Å²) in [4.78, 5) is 0. The Morgan fingerprint density at radius 1 is 1.21 bits per heavy atom. The fourth-order valence-electron chi connectivity index (χ4n) is 1.54. The highest BCUT2D eigenvalue weighted by molar-refractivity contribution is 7.88. The molecule has 2 rings (SSSR count). The van der Waals surface area contributed by atoms with E-state index in [9.17, 15) is 8.42 Å².